The van der Waals surface area contributed by atoms with Gasteiger partial charge in [-0.05, 0) is 25.1 Å². The number of anilines is 2. The van der Waals surface area contributed by atoms with Crippen molar-refractivity contribution in [3.63, 3.8) is 0 Å². The largest absolute Gasteiger partial charge is 0.478 e. The fraction of sp³-hybridized carbons (Fsp3) is 0.167. The molecule has 0 aliphatic heterocycles. The first-order valence-corrected chi connectivity index (χ1v) is 5.65. The molecule has 0 aliphatic carbocycles. The third-order valence-corrected chi connectivity index (χ3v) is 2.80. The number of hydrogen-bond acceptors (Lipinski definition) is 3. The first kappa shape index (κ1) is 12.4. The SMILES string of the molecule is Cc1nn(C)cc1Nc1ccc(C(=O)O)c(Cl)c1. The average molecular weight is 266 g/mol. The molecule has 0 spiro atoms. The molecule has 0 aliphatic rings. The lowest BCUT2D eigenvalue weighted by atomic mass is 10.2. The number of aryl methyl sites for hydroxylation is 2. The molecule has 1 aromatic carbocycles. The molecular formula is C12H12ClN3O2. The summed E-state index contributed by atoms with van der Waals surface area (Å²) >= 11 is 5.89. The number of nitrogens with zero attached hydrogens (tertiary/aromatic N) is 2. The zero-order valence-electron chi connectivity index (χ0n) is 9.94. The van der Waals surface area contributed by atoms with Crippen molar-refractivity contribution in [1.82, 2.24) is 9.78 Å². The molecule has 5 nitrogen and oxygen atoms in total. The van der Waals surface area contributed by atoms with Crippen LogP contribution < -0.4 is 5.32 Å². The van der Waals surface area contributed by atoms with E-state index in [1.165, 1.54) is 6.07 Å². The molecule has 2 N–H and O–H groups in total. The molecule has 2 aromatic rings. The van der Waals surface area contributed by atoms with E-state index in [0.717, 1.165) is 17.1 Å². The van der Waals surface area contributed by atoms with Crippen molar-refractivity contribution in [2.45, 2.75) is 6.92 Å². The van der Waals surface area contributed by atoms with E-state index in [2.05, 4.69) is 10.4 Å². The third-order valence-electron chi connectivity index (χ3n) is 2.49. The average Bonchev–Trinajstić information content (AvgIpc) is 2.57. The summed E-state index contributed by atoms with van der Waals surface area (Å²) in [5.74, 6) is -1.04. The molecule has 0 fully saturated rings. The van der Waals surface area contributed by atoms with Crippen LogP contribution >= 0.6 is 11.6 Å². The number of carboxylic acid groups (broad SMARTS) is 1. The molecule has 0 saturated carbocycles. The molecule has 1 aromatic heterocycles. The van der Waals surface area contributed by atoms with Crippen molar-refractivity contribution in [1.29, 1.82) is 0 Å². The maximum Gasteiger partial charge on any atom is 0.337 e. The van der Waals surface area contributed by atoms with Crippen LogP contribution in [0.2, 0.25) is 5.02 Å². The van der Waals surface area contributed by atoms with Gasteiger partial charge in [-0.25, -0.2) is 4.79 Å². The van der Waals surface area contributed by atoms with Crippen LogP contribution in [0, 0.1) is 6.92 Å². The Morgan fingerprint density at radius 1 is 1.50 bits per heavy atom. The fourth-order valence-electron chi connectivity index (χ4n) is 1.64. The summed E-state index contributed by atoms with van der Waals surface area (Å²) in [6.45, 7) is 1.88. The number of carboxylic acids is 1. The normalized spacial score (nSPS) is 10.4. The lowest BCUT2D eigenvalue weighted by Gasteiger charge is -2.06. The number of aromatic nitrogens is 2. The highest BCUT2D eigenvalue weighted by Crippen LogP contribution is 2.24. The summed E-state index contributed by atoms with van der Waals surface area (Å²) in [5.41, 5.74) is 2.53. The quantitative estimate of drug-likeness (QED) is 0.895. The van der Waals surface area contributed by atoms with Crippen molar-refractivity contribution in [3.05, 3.63) is 40.7 Å². The Bertz CT molecular complexity index is 607. The third kappa shape index (κ3) is 2.46. The Morgan fingerprint density at radius 3 is 2.72 bits per heavy atom. The van der Waals surface area contributed by atoms with Gasteiger partial charge >= 0.3 is 5.97 Å². The van der Waals surface area contributed by atoms with Gasteiger partial charge < -0.3 is 10.4 Å². The van der Waals surface area contributed by atoms with Gasteiger partial charge in [-0.15, -0.1) is 0 Å². The molecule has 18 heavy (non-hydrogen) atoms. The smallest absolute Gasteiger partial charge is 0.337 e. The van der Waals surface area contributed by atoms with Crippen LogP contribution in [0.4, 0.5) is 11.4 Å². The maximum absolute atomic E-state index is 10.8. The Kier molecular flexibility index (Phi) is 3.25. The molecule has 6 heteroatoms. The number of hydrogen-bond donors (Lipinski definition) is 2. The first-order chi connectivity index (χ1) is 8.47. The van der Waals surface area contributed by atoms with Crippen molar-refractivity contribution in [2.24, 2.45) is 7.05 Å². The number of rotatable bonds is 3. The first-order valence-electron chi connectivity index (χ1n) is 5.27. The lowest BCUT2D eigenvalue weighted by molar-refractivity contribution is 0.0697. The van der Waals surface area contributed by atoms with Gasteiger partial charge in [0.2, 0.25) is 0 Å². The van der Waals surface area contributed by atoms with Crippen LogP contribution in [0.1, 0.15) is 16.1 Å². The van der Waals surface area contributed by atoms with Crippen molar-refractivity contribution >= 4 is 28.9 Å². The van der Waals surface area contributed by atoms with Crippen LogP contribution in [0.25, 0.3) is 0 Å². The summed E-state index contributed by atoms with van der Waals surface area (Å²) in [6, 6.07) is 4.72. The van der Waals surface area contributed by atoms with Crippen LogP contribution in [0.15, 0.2) is 24.4 Å². The minimum absolute atomic E-state index is 0.0881. The molecule has 0 saturated heterocycles. The molecule has 0 radical (unpaired) electrons. The number of nitrogens with one attached hydrogen (secondary N) is 1. The molecule has 1 heterocycles. The maximum atomic E-state index is 10.8. The van der Waals surface area contributed by atoms with Gasteiger partial charge in [-0.3, -0.25) is 4.68 Å². The summed E-state index contributed by atoms with van der Waals surface area (Å²) in [5, 5.41) is 16.4. The standard InChI is InChI=1S/C12H12ClN3O2/c1-7-11(6-16(2)15-7)14-8-3-4-9(12(17)18)10(13)5-8/h3-6,14H,1-2H3,(H,17,18). The van der Waals surface area contributed by atoms with Gasteiger partial charge in [0.15, 0.2) is 0 Å². The second-order valence-electron chi connectivity index (χ2n) is 3.93. The molecule has 0 atom stereocenters. The highest BCUT2D eigenvalue weighted by molar-refractivity contribution is 6.33. The van der Waals surface area contributed by atoms with Crippen LogP contribution in [-0.4, -0.2) is 20.9 Å². The van der Waals surface area contributed by atoms with Gasteiger partial charge in [-0.2, -0.15) is 5.10 Å². The second-order valence-corrected chi connectivity index (χ2v) is 4.33. The summed E-state index contributed by atoms with van der Waals surface area (Å²) in [6.07, 6.45) is 1.84. The van der Waals surface area contributed by atoms with E-state index in [9.17, 15) is 4.79 Å². The topological polar surface area (TPSA) is 67.2 Å². The van der Waals surface area contributed by atoms with Gasteiger partial charge in [0.05, 0.1) is 22.0 Å². The van der Waals surface area contributed by atoms with E-state index >= 15 is 0 Å². The van der Waals surface area contributed by atoms with Crippen molar-refractivity contribution < 1.29 is 9.90 Å². The van der Waals surface area contributed by atoms with Crippen molar-refractivity contribution in [3.8, 4) is 0 Å². The fourth-order valence-corrected chi connectivity index (χ4v) is 1.91. The van der Waals surface area contributed by atoms with Crippen molar-refractivity contribution in [2.75, 3.05) is 5.32 Å². The predicted octanol–water partition coefficient (Wildman–Crippen LogP) is 2.82. The van der Waals surface area contributed by atoms with Crippen LogP contribution in [0.5, 0.6) is 0 Å². The summed E-state index contributed by atoms with van der Waals surface area (Å²) in [4.78, 5) is 10.8. The van der Waals surface area contributed by atoms with Crippen LogP contribution in [0.3, 0.4) is 0 Å². The van der Waals surface area contributed by atoms with Crippen LogP contribution in [-0.2, 0) is 7.05 Å². The highest BCUT2D eigenvalue weighted by Gasteiger charge is 2.10. The van der Waals surface area contributed by atoms with Gasteiger partial charge in [0.1, 0.15) is 0 Å². The Hall–Kier alpha value is -2.01. The second kappa shape index (κ2) is 4.70. The highest BCUT2D eigenvalue weighted by atomic mass is 35.5. The number of halogens is 1. The zero-order chi connectivity index (χ0) is 13.3. The minimum atomic E-state index is -1.04. The summed E-state index contributed by atoms with van der Waals surface area (Å²) < 4.78 is 1.70. The predicted molar refractivity (Wildman–Crippen MR) is 69.6 cm³/mol. The van der Waals surface area contributed by atoms with Gasteiger partial charge in [0.25, 0.3) is 0 Å². The van der Waals surface area contributed by atoms with E-state index in [1.807, 2.05) is 20.2 Å². The molecule has 2 rings (SSSR count). The van der Waals surface area contributed by atoms with Gasteiger partial charge in [0, 0.05) is 18.9 Å². The molecular weight excluding hydrogens is 254 g/mol. The number of aromatic carboxylic acids is 1. The minimum Gasteiger partial charge on any atom is -0.478 e. The zero-order valence-corrected chi connectivity index (χ0v) is 10.7. The molecule has 0 amide bonds. The van der Waals surface area contributed by atoms with E-state index in [4.69, 9.17) is 16.7 Å². The Labute approximate surface area is 109 Å². The summed E-state index contributed by atoms with van der Waals surface area (Å²) in [7, 11) is 1.83. The molecule has 0 unspecified atom stereocenters. The van der Waals surface area contributed by atoms with E-state index < -0.39 is 5.97 Å². The monoisotopic (exact) mass is 265 g/mol. The van der Waals surface area contributed by atoms with E-state index in [-0.39, 0.29) is 10.6 Å². The Balaban J connectivity index is 2.28. The Morgan fingerprint density at radius 2 is 2.22 bits per heavy atom. The molecule has 0 bridgehead atoms. The lowest BCUT2D eigenvalue weighted by Crippen LogP contribution is -1.98. The van der Waals surface area contributed by atoms with E-state index in [1.54, 1.807) is 16.8 Å². The van der Waals surface area contributed by atoms with E-state index in [0.29, 0.717) is 0 Å². The number of benzene rings is 1. The number of carbonyl (C=O) groups is 1. The van der Waals surface area contributed by atoms with Gasteiger partial charge in [-0.1, -0.05) is 11.6 Å². The molecule has 94 valence electrons.